The van der Waals surface area contributed by atoms with Crippen LogP contribution < -0.4 is 9.21 Å². The summed E-state index contributed by atoms with van der Waals surface area (Å²) in [5, 5.41) is 0.524. The van der Waals surface area contributed by atoms with E-state index in [1.807, 2.05) is 13.0 Å². The van der Waals surface area contributed by atoms with E-state index < -0.39 is 10.0 Å². The molecule has 0 radical (unpaired) electrons. The minimum Gasteiger partial charge on any atom is -0.368 e. The van der Waals surface area contributed by atoms with Crippen LogP contribution in [0.2, 0.25) is 10.0 Å². The largest absolute Gasteiger partial charge is 0.368 e. The van der Waals surface area contributed by atoms with E-state index in [4.69, 9.17) is 23.2 Å². The van der Waals surface area contributed by atoms with Gasteiger partial charge in [0.05, 0.1) is 15.6 Å². The average Bonchev–Trinajstić information content (AvgIpc) is 2.86. The summed E-state index contributed by atoms with van der Waals surface area (Å²) in [4.78, 5) is 17.5. The molecule has 1 amide bonds. The van der Waals surface area contributed by atoms with E-state index in [0.717, 1.165) is 15.6 Å². The van der Waals surface area contributed by atoms with Gasteiger partial charge in [0.15, 0.2) is 0 Å². The van der Waals surface area contributed by atoms with Crippen molar-refractivity contribution < 1.29 is 13.2 Å². The maximum atomic E-state index is 13.7. The zero-order chi connectivity index (χ0) is 26.0. The Kier molecular flexibility index (Phi) is 7.83. The first-order valence-electron chi connectivity index (χ1n) is 11.7. The molecule has 4 rings (SSSR count). The second-order valence-electron chi connectivity index (χ2n) is 9.01. The van der Waals surface area contributed by atoms with Crippen LogP contribution in [0.4, 0.5) is 11.4 Å². The minimum atomic E-state index is -4.08. The Morgan fingerprint density at radius 3 is 2.25 bits per heavy atom. The van der Waals surface area contributed by atoms with Crippen molar-refractivity contribution in [2.45, 2.75) is 25.7 Å². The molecular formula is C27H29Cl2N3O3S. The van der Waals surface area contributed by atoms with Crippen LogP contribution in [0.15, 0.2) is 65.6 Å². The van der Waals surface area contributed by atoms with Gasteiger partial charge in [0.1, 0.15) is 6.54 Å². The molecule has 0 aliphatic carbocycles. The fourth-order valence-corrected chi connectivity index (χ4v) is 6.17. The van der Waals surface area contributed by atoms with Crippen molar-refractivity contribution in [2.75, 3.05) is 41.9 Å². The lowest BCUT2D eigenvalue weighted by molar-refractivity contribution is -0.129. The molecule has 0 unspecified atom stereocenters. The van der Waals surface area contributed by atoms with Gasteiger partial charge in [-0.3, -0.25) is 9.10 Å². The van der Waals surface area contributed by atoms with Crippen LogP contribution >= 0.6 is 23.2 Å². The molecule has 0 aromatic heterocycles. The second kappa shape index (κ2) is 10.7. The third kappa shape index (κ3) is 5.48. The molecule has 9 heteroatoms. The lowest BCUT2D eigenvalue weighted by Gasteiger charge is -2.38. The molecule has 0 bridgehead atoms. The molecule has 190 valence electrons. The first-order valence-corrected chi connectivity index (χ1v) is 13.9. The molecule has 0 saturated carbocycles. The predicted molar refractivity (Wildman–Crippen MR) is 147 cm³/mol. The van der Waals surface area contributed by atoms with Crippen LogP contribution in [0.3, 0.4) is 0 Å². The standard InChI is InChI=1S/C27H29Cl2N3O3S/c1-19-7-10-23(11-8-19)36(34,35)32(26-17-22(28)9-12-24(26)29)18-27(33)31-15-13-30(14-16-31)25-6-4-5-20(2)21(25)3/h4-12,17H,13-16,18H2,1-3H3. The number of carbonyl (C=O) groups excluding carboxylic acids is 1. The van der Waals surface area contributed by atoms with Gasteiger partial charge in [0, 0.05) is 36.9 Å². The summed E-state index contributed by atoms with van der Waals surface area (Å²) in [6, 6.07) is 17.3. The first kappa shape index (κ1) is 26.3. The van der Waals surface area contributed by atoms with Gasteiger partial charge in [-0.05, 0) is 68.3 Å². The molecule has 1 aliphatic rings. The van der Waals surface area contributed by atoms with Crippen LogP contribution in [0.5, 0.6) is 0 Å². The van der Waals surface area contributed by atoms with E-state index in [1.165, 1.54) is 35.4 Å². The molecule has 0 N–H and O–H groups in total. The number of hydrogen-bond donors (Lipinski definition) is 0. The molecule has 6 nitrogen and oxygen atoms in total. The monoisotopic (exact) mass is 545 g/mol. The van der Waals surface area contributed by atoms with Crippen molar-refractivity contribution >= 4 is 50.5 Å². The first-order chi connectivity index (χ1) is 17.1. The second-order valence-corrected chi connectivity index (χ2v) is 11.7. The lowest BCUT2D eigenvalue weighted by Crippen LogP contribution is -2.52. The molecule has 1 saturated heterocycles. The van der Waals surface area contributed by atoms with Gasteiger partial charge < -0.3 is 9.80 Å². The van der Waals surface area contributed by atoms with Gasteiger partial charge in [-0.25, -0.2) is 8.42 Å². The third-order valence-corrected chi connectivity index (χ3v) is 8.94. The fourth-order valence-electron chi connectivity index (χ4n) is 4.31. The van der Waals surface area contributed by atoms with Gasteiger partial charge in [-0.2, -0.15) is 0 Å². The number of piperazine rings is 1. The van der Waals surface area contributed by atoms with Gasteiger partial charge >= 0.3 is 0 Å². The van der Waals surface area contributed by atoms with Crippen molar-refractivity contribution in [1.29, 1.82) is 0 Å². The van der Waals surface area contributed by atoms with E-state index in [2.05, 4.69) is 30.9 Å². The summed E-state index contributed by atoms with van der Waals surface area (Å²) in [6.45, 7) is 8.01. The van der Waals surface area contributed by atoms with E-state index in [-0.39, 0.29) is 28.1 Å². The van der Waals surface area contributed by atoms with E-state index in [0.29, 0.717) is 31.2 Å². The lowest BCUT2D eigenvalue weighted by atomic mass is 10.1. The van der Waals surface area contributed by atoms with Crippen molar-refractivity contribution in [1.82, 2.24) is 4.90 Å². The number of carbonyl (C=O) groups is 1. The number of anilines is 2. The summed E-state index contributed by atoms with van der Waals surface area (Å²) in [5.41, 5.74) is 4.71. The number of hydrogen-bond acceptors (Lipinski definition) is 4. The van der Waals surface area contributed by atoms with E-state index >= 15 is 0 Å². The summed E-state index contributed by atoms with van der Waals surface area (Å²) < 4.78 is 28.4. The summed E-state index contributed by atoms with van der Waals surface area (Å²) in [6.07, 6.45) is 0. The SMILES string of the molecule is Cc1ccc(S(=O)(=O)N(CC(=O)N2CCN(c3cccc(C)c3C)CC2)c2cc(Cl)ccc2Cl)cc1. The average molecular weight is 547 g/mol. The highest BCUT2D eigenvalue weighted by Gasteiger charge is 2.31. The Bertz CT molecular complexity index is 1370. The molecule has 0 spiro atoms. The van der Waals surface area contributed by atoms with E-state index in [1.54, 1.807) is 23.1 Å². The van der Waals surface area contributed by atoms with Crippen LogP contribution in [0.1, 0.15) is 16.7 Å². The minimum absolute atomic E-state index is 0.0803. The summed E-state index contributed by atoms with van der Waals surface area (Å²) in [5.74, 6) is -0.289. The topological polar surface area (TPSA) is 60.9 Å². The maximum Gasteiger partial charge on any atom is 0.264 e. The van der Waals surface area contributed by atoms with E-state index in [9.17, 15) is 13.2 Å². The van der Waals surface area contributed by atoms with Gasteiger partial charge in [-0.15, -0.1) is 0 Å². The highest BCUT2D eigenvalue weighted by molar-refractivity contribution is 7.92. The predicted octanol–water partition coefficient (Wildman–Crippen LogP) is 5.46. The summed E-state index contributed by atoms with van der Waals surface area (Å²) >= 11 is 12.6. The zero-order valence-electron chi connectivity index (χ0n) is 20.5. The van der Waals surface area contributed by atoms with Crippen LogP contribution in [0.25, 0.3) is 0 Å². The molecule has 1 heterocycles. The van der Waals surface area contributed by atoms with Crippen molar-refractivity contribution in [2.24, 2.45) is 0 Å². The molecule has 3 aromatic carbocycles. The summed E-state index contributed by atoms with van der Waals surface area (Å²) in [7, 11) is -4.08. The number of aryl methyl sites for hydroxylation is 2. The number of sulfonamides is 1. The smallest absolute Gasteiger partial charge is 0.264 e. The molecule has 3 aromatic rings. The molecule has 36 heavy (non-hydrogen) atoms. The number of rotatable bonds is 6. The number of benzene rings is 3. The van der Waals surface area contributed by atoms with Gasteiger partial charge in [0.2, 0.25) is 5.91 Å². The zero-order valence-corrected chi connectivity index (χ0v) is 22.9. The van der Waals surface area contributed by atoms with Gasteiger partial charge in [-0.1, -0.05) is 53.0 Å². The Hall–Kier alpha value is -2.74. The Balaban J connectivity index is 1.58. The maximum absolute atomic E-state index is 13.7. The van der Waals surface area contributed by atoms with Crippen molar-refractivity contribution in [3.8, 4) is 0 Å². The normalized spacial score (nSPS) is 14.1. The Labute approximate surface area is 223 Å². The molecule has 1 fully saturated rings. The highest BCUT2D eigenvalue weighted by Crippen LogP contribution is 2.33. The van der Waals surface area contributed by atoms with Crippen LogP contribution in [0, 0.1) is 20.8 Å². The van der Waals surface area contributed by atoms with Crippen molar-refractivity contribution in [3.63, 3.8) is 0 Å². The number of amides is 1. The third-order valence-electron chi connectivity index (χ3n) is 6.61. The van der Waals surface area contributed by atoms with Crippen LogP contribution in [-0.4, -0.2) is 51.9 Å². The highest BCUT2D eigenvalue weighted by atomic mass is 35.5. The molecule has 1 aliphatic heterocycles. The van der Waals surface area contributed by atoms with Crippen molar-refractivity contribution in [3.05, 3.63) is 87.4 Å². The molecular weight excluding hydrogens is 517 g/mol. The Morgan fingerprint density at radius 2 is 1.58 bits per heavy atom. The van der Waals surface area contributed by atoms with Crippen LogP contribution in [-0.2, 0) is 14.8 Å². The Morgan fingerprint density at radius 1 is 0.917 bits per heavy atom. The fraction of sp³-hybridized carbons (Fsp3) is 0.296. The molecule has 0 atom stereocenters. The van der Waals surface area contributed by atoms with Gasteiger partial charge in [0.25, 0.3) is 10.0 Å². The number of halogens is 2. The number of nitrogens with zero attached hydrogens (tertiary/aromatic N) is 3. The quantitative estimate of drug-likeness (QED) is 0.412.